The van der Waals surface area contributed by atoms with Gasteiger partial charge >= 0.3 is 6.09 Å². The summed E-state index contributed by atoms with van der Waals surface area (Å²) >= 11 is 1.31. The molecule has 0 aliphatic carbocycles. The van der Waals surface area contributed by atoms with E-state index in [2.05, 4.69) is 15.3 Å². The first-order chi connectivity index (χ1) is 12.2. The summed E-state index contributed by atoms with van der Waals surface area (Å²) in [4.78, 5) is 35.0. The van der Waals surface area contributed by atoms with Crippen molar-refractivity contribution in [2.24, 2.45) is 0 Å². The number of nitrogens with one attached hydrogen (secondary N) is 1. The number of nitrogens with zero attached hydrogens (tertiary/aromatic N) is 3. The summed E-state index contributed by atoms with van der Waals surface area (Å²) in [7, 11) is 0. The molecular weight excluding hydrogens is 359 g/mol. The maximum absolute atomic E-state index is 12.9. The molecule has 1 aliphatic rings. The lowest BCUT2D eigenvalue weighted by atomic mass is 10.2. The molecule has 2 aromatic heterocycles. The molecule has 26 heavy (non-hydrogen) atoms. The molecule has 0 atom stereocenters. The fourth-order valence-electron chi connectivity index (χ4n) is 2.40. The second-order valence-electron chi connectivity index (χ2n) is 6.86. The lowest BCUT2D eigenvalue weighted by Crippen LogP contribution is -2.39. The summed E-state index contributed by atoms with van der Waals surface area (Å²) in [6.45, 7) is 6.38. The molecule has 0 saturated carbocycles. The number of hydrogen-bond donors (Lipinski definition) is 1. The van der Waals surface area contributed by atoms with Crippen LogP contribution in [0.1, 0.15) is 41.8 Å². The van der Waals surface area contributed by atoms with E-state index in [0.29, 0.717) is 24.6 Å². The van der Waals surface area contributed by atoms with Crippen molar-refractivity contribution < 1.29 is 18.7 Å². The molecule has 7 nitrogen and oxygen atoms in total. The Hall–Kier alpha value is -2.55. The quantitative estimate of drug-likeness (QED) is 0.867. The highest BCUT2D eigenvalue weighted by molar-refractivity contribution is 7.15. The number of hydrogen-bond acceptors (Lipinski definition) is 6. The van der Waals surface area contributed by atoms with Gasteiger partial charge in [0.15, 0.2) is 5.13 Å². The van der Waals surface area contributed by atoms with Crippen LogP contribution in [0.5, 0.6) is 0 Å². The fraction of sp³-hybridized carbons (Fsp3) is 0.412. The molecule has 0 fully saturated rings. The molecule has 2 amide bonds. The van der Waals surface area contributed by atoms with E-state index in [-0.39, 0.29) is 11.8 Å². The third kappa shape index (κ3) is 4.34. The van der Waals surface area contributed by atoms with Crippen molar-refractivity contribution in [3.63, 3.8) is 0 Å². The average Bonchev–Trinajstić information content (AvgIpc) is 2.95. The van der Waals surface area contributed by atoms with Gasteiger partial charge in [0.2, 0.25) is 0 Å². The van der Waals surface area contributed by atoms with Crippen molar-refractivity contribution in [2.75, 3.05) is 11.9 Å². The van der Waals surface area contributed by atoms with Crippen LogP contribution in [0.4, 0.5) is 14.3 Å². The van der Waals surface area contributed by atoms with Crippen molar-refractivity contribution in [3.8, 4) is 0 Å². The van der Waals surface area contributed by atoms with Crippen LogP contribution < -0.4 is 5.32 Å². The summed E-state index contributed by atoms with van der Waals surface area (Å²) in [5.41, 5.74) is 0.416. The maximum Gasteiger partial charge on any atom is 0.410 e. The Morgan fingerprint density at radius 1 is 1.35 bits per heavy atom. The number of aromatic nitrogens is 2. The predicted molar refractivity (Wildman–Crippen MR) is 94.6 cm³/mol. The van der Waals surface area contributed by atoms with E-state index in [1.54, 1.807) is 4.90 Å². The smallest absolute Gasteiger partial charge is 0.410 e. The van der Waals surface area contributed by atoms with Crippen LogP contribution in [-0.2, 0) is 17.7 Å². The summed E-state index contributed by atoms with van der Waals surface area (Å²) < 4.78 is 18.3. The molecule has 2 aromatic rings. The van der Waals surface area contributed by atoms with Gasteiger partial charge in [-0.2, -0.15) is 0 Å². The number of fused-ring (bicyclic) bond motifs is 1. The first-order valence-corrected chi connectivity index (χ1v) is 8.92. The minimum atomic E-state index is -0.549. The molecule has 3 rings (SSSR count). The molecule has 0 spiro atoms. The second kappa shape index (κ2) is 6.99. The number of carbonyl (C=O) groups excluding carboxylic acids is 2. The Labute approximate surface area is 154 Å². The lowest BCUT2D eigenvalue weighted by molar-refractivity contribution is 0.0225. The molecule has 138 valence electrons. The van der Waals surface area contributed by atoms with Crippen LogP contribution in [-0.4, -0.2) is 39.0 Å². The van der Waals surface area contributed by atoms with E-state index < -0.39 is 17.3 Å². The van der Waals surface area contributed by atoms with E-state index in [4.69, 9.17) is 4.74 Å². The van der Waals surface area contributed by atoms with Gasteiger partial charge in [0.05, 0.1) is 18.4 Å². The Kier molecular flexibility index (Phi) is 4.90. The van der Waals surface area contributed by atoms with Crippen molar-refractivity contribution in [3.05, 3.63) is 40.4 Å². The van der Waals surface area contributed by atoms with E-state index in [1.165, 1.54) is 23.5 Å². The highest BCUT2D eigenvalue weighted by Crippen LogP contribution is 2.29. The number of anilines is 1. The summed E-state index contributed by atoms with van der Waals surface area (Å²) in [5.74, 6) is -0.964. The number of halogens is 1. The Morgan fingerprint density at radius 3 is 2.77 bits per heavy atom. The molecule has 3 heterocycles. The third-order valence-electron chi connectivity index (χ3n) is 3.56. The minimum Gasteiger partial charge on any atom is -0.444 e. The minimum absolute atomic E-state index is 0.106. The zero-order chi connectivity index (χ0) is 18.9. The number of carbonyl (C=O) groups is 2. The summed E-state index contributed by atoms with van der Waals surface area (Å²) in [5, 5.41) is 3.09. The van der Waals surface area contributed by atoms with Gasteiger partial charge in [-0.05, 0) is 32.9 Å². The standard InChI is InChI=1S/C17H19FN4O3S/c1-17(2,3)25-16(24)22-7-6-11-13(9-22)26-15(20-11)21-14(23)12-5-4-10(18)8-19-12/h4-5,8H,6-7,9H2,1-3H3,(H,20,21,23). The van der Waals surface area contributed by atoms with Gasteiger partial charge in [0, 0.05) is 17.8 Å². The number of rotatable bonds is 2. The van der Waals surface area contributed by atoms with Crippen molar-refractivity contribution in [1.82, 2.24) is 14.9 Å². The highest BCUT2D eigenvalue weighted by Gasteiger charge is 2.28. The fourth-order valence-corrected chi connectivity index (χ4v) is 3.42. The van der Waals surface area contributed by atoms with Crippen LogP contribution in [0.2, 0.25) is 0 Å². The Balaban J connectivity index is 1.66. The number of pyridine rings is 1. The van der Waals surface area contributed by atoms with E-state index in [0.717, 1.165) is 16.8 Å². The second-order valence-corrected chi connectivity index (χ2v) is 7.94. The zero-order valence-corrected chi connectivity index (χ0v) is 15.5. The number of ether oxygens (including phenoxy) is 1. The van der Waals surface area contributed by atoms with E-state index in [9.17, 15) is 14.0 Å². The van der Waals surface area contributed by atoms with E-state index in [1.807, 2.05) is 20.8 Å². The van der Waals surface area contributed by atoms with Crippen molar-refractivity contribution >= 4 is 28.5 Å². The van der Waals surface area contributed by atoms with Gasteiger partial charge < -0.3 is 9.64 Å². The highest BCUT2D eigenvalue weighted by atomic mass is 32.1. The molecule has 0 bridgehead atoms. The number of thiazole rings is 1. The van der Waals surface area contributed by atoms with Crippen LogP contribution >= 0.6 is 11.3 Å². The monoisotopic (exact) mass is 378 g/mol. The van der Waals surface area contributed by atoms with Crippen LogP contribution in [0.3, 0.4) is 0 Å². The van der Waals surface area contributed by atoms with Crippen molar-refractivity contribution in [2.45, 2.75) is 39.3 Å². The van der Waals surface area contributed by atoms with Gasteiger partial charge in [-0.15, -0.1) is 0 Å². The van der Waals surface area contributed by atoms with Gasteiger partial charge in [0.1, 0.15) is 17.1 Å². The van der Waals surface area contributed by atoms with Gasteiger partial charge in [0.25, 0.3) is 5.91 Å². The molecule has 1 N–H and O–H groups in total. The number of amides is 2. The lowest BCUT2D eigenvalue weighted by Gasteiger charge is -2.29. The molecule has 0 unspecified atom stereocenters. The van der Waals surface area contributed by atoms with Crippen LogP contribution in [0.15, 0.2) is 18.3 Å². The largest absolute Gasteiger partial charge is 0.444 e. The van der Waals surface area contributed by atoms with Crippen LogP contribution in [0, 0.1) is 5.82 Å². The van der Waals surface area contributed by atoms with Gasteiger partial charge in [-0.25, -0.2) is 19.2 Å². The molecule has 1 aliphatic heterocycles. The summed E-state index contributed by atoms with van der Waals surface area (Å²) in [6, 6.07) is 2.48. The first-order valence-electron chi connectivity index (χ1n) is 8.11. The topological polar surface area (TPSA) is 84.4 Å². The molecule has 0 radical (unpaired) electrons. The molecular formula is C17H19FN4O3S. The normalized spacial score (nSPS) is 13.9. The van der Waals surface area contributed by atoms with Crippen LogP contribution in [0.25, 0.3) is 0 Å². The Bertz CT molecular complexity index is 830. The van der Waals surface area contributed by atoms with Crippen molar-refractivity contribution in [1.29, 1.82) is 0 Å². The maximum atomic E-state index is 12.9. The summed E-state index contributed by atoms with van der Waals surface area (Å²) in [6.07, 6.45) is 1.22. The molecule has 9 heteroatoms. The molecule has 0 saturated heterocycles. The third-order valence-corrected chi connectivity index (χ3v) is 4.56. The zero-order valence-electron chi connectivity index (χ0n) is 14.7. The van der Waals surface area contributed by atoms with E-state index >= 15 is 0 Å². The predicted octanol–water partition coefficient (Wildman–Crippen LogP) is 3.22. The van der Waals surface area contributed by atoms with Gasteiger partial charge in [-0.1, -0.05) is 11.3 Å². The van der Waals surface area contributed by atoms with Gasteiger partial charge in [-0.3, -0.25) is 10.1 Å². The average molecular weight is 378 g/mol. The first kappa shape index (κ1) is 18.2. The SMILES string of the molecule is CC(C)(C)OC(=O)N1CCc2nc(NC(=O)c3ccc(F)cn3)sc2C1. The molecule has 0 aromatic carbocycles. The Morgan fingerprint density at radius 2 is 2.12 bits per heavy atom.